The Kier molecular flexibility index (Phi) is 12.6. The number of halogens is 2. The summed E-state index contributed by atoms with van der Waals surface area (Å²) in [7, 11) is 4.71. The SMILES string of the molecule is C=C(C=C(C)C)OC.COc1ccc(CN2Cc3nc(-c4c(F)cccc4F)cc(Nc4ccc(N5CCN(C(C)C)CC5=O)cn4)c3C2=O)c(OC)c1. The first-order valence-electron chi connectivity index (χ1n) is 17.5. The molecular formula is C41H46F2N6O5. The molecule has 0 atom stereocenters. The normalized spacial score (nSPS) is 14.0. The van der Waals surface area contributed by atoms with E-state index in [4.69, 9.17) is 14.2 Å². The van der Waals surface area contributed by atoms with Crippen molar-refractivity contribution in [2.45, 2.75) is 46.8 Å². The molecule has 1 saturated heterocycles. The Hall–Kier alpha value is -5.82. The predicted molar refractivity (Wildman–Crippen MR) is 205 cm³/mol. The van der Waals surface area contributed by atoms with Crippen LogP contribution in [0, 0.1) is 11.6 Å². The van der Waals surface area contributed by atoms with Gasteiger partial charge in [-0.2, -0.15) is 0 Å². The number of piperazine rings is 1. The van der Waals surface area contributed by atoms with Crippen molar-refractivity contribution >= 4 is 29.0 Å². The highest BCUT2D eigenvalue weighted by atomic mass is 19.1. The Morgan fingerprint density at radius 1 is 0.963 bits per heavy atom. The minimum atomic E-state index is -0.771. The molecule has 0 spiro atoms. The van der Waals surface area contributed by atoms with Crippen LogP contribution in [0.5, 0.6) is 11.5 Å². The average molecular weight is 741 g/mol. The number of benzene rings is 2. The maximum absolute atomic E-state index is 14.9. The summed E-state index contributed by atoms with van der Waals surface area (Å²) in [6.45, 7) is 13.7. The number of ether oxygens (including phenoxy) is 3. The van der Waals surface area contributed by atoms with E-state index in [9.17, 15) is 18.4 Å². The largest absolute Gasteiger partial charge is 0.497 e. The molecule has 2 aliphatic rings. The van der Waals surface area contributed by atoms with Crippen molar-refractivity contribution < 1.29 is 32.6 Å². The number of amides is 2. The van der Waals surface area contributed by atoms with E-state index >= 15 is 0 Å². The first kappa shape index (κ1) is 39.4. The number of hydrogen-bond donors (Lipinski definition) is 1. The quantitative estimate of drug-likeness (QED) is 0.124. The minimum absolute atomic E-state index is 0.00912. The van der Waals surface area contributed by atoms with E-state index < -0.39 is 11.6 Å². The maximum Gasteiger partial charge on any atom is 0.258 e. The van der Waals surface area contributed by atoms with Crippen LogP contribution in [0.4, 0.5) is 26.0 Å². The summed E-state index contributed by atoms with van der Waals surface area (Å²) < 4.78 is 45.4. The fourth-order valence-electron chi connectivity index (χ4n) is 6.19. The summed E-state index contributed by atoms with van der Waals surface area (Å²) in [6.07, 6.45) is 3.48. The summed E-state index contributed by atoms with van der Waals surface area (Å²) in [5, 5.41) is 3.17. The molecule has 1 N–H and O–H groups in total. The van der Waals surface area contributed by atoms with Crippen LogP contribution >= 0.6 is 0 Å². The van der Waals surface area contributed by atoms with Crippen LogP contribution in [0.25, 0.3) is 11.3 Å². The number of methoxy groups -OCH3 is 3. The van der Waals surface area contributed by atoms with Crippen LogP contribution in [-0.2, 0) is 22.6 Å². The zero-order valence-corrected chi connectivity index (χ0v) is 31.7. The smallest absolute Gasteiger partial charge is 0.258 e. The van der Waals surface area contributed by atoms with Crippen molar-refractivity contribution in [2.75, 3.05) is 51.2 Å². The standard InChI is InChI=1S/C34H34F2N6O4.C7H12O/c1-20(2)40-12-13-42(31(43)19-40)22-9-11-30(37-16-22)39-27-15-26(32-24(35)6-5-7-25(32)36)38-28-18-41(34(44)33(27)28)17-21-8-10-23(45-3)14-29(21)46-4;1-6(2)5-7(3)8-4/h5-11,14-16,20H,12-13,17-19H2,1-4H3,(H,37,38,39);5H,3H2,1-2,4H3. The lowest BCUT2D eigenvalue weighted by Gasteiger charge is -2.36. The molecule has 54 heavy (non-hydrogen) atoms. The van der Waals surface area contributed by atoms with Gasteiger partial charge in [0.15, 0.2) is 0 Å². The number of nitrogens with one attached hydrogen (secondary N) is 1. The van der Waals surface area contributed by atoms with E-state index in [1.165, 1.54) is 24.8 Å². The zero-order chi connectivity index (χ0) is 39.1. The van der Waals surface area contributed by atoms with E-state index in [-0.39, 0.29) is 47.8 Å². The summed E-state index contributed by atoms with van der Waals surface area (Å²) in [5.74, 6) is 0.399. The average Bonchev–Trinajstić information content (AvgIpc) is 3.46. The predicted octanol–water partition coefficient (Wildman–Crippen LogP) is 7.51. The Balaban J connectivity index is 0.000000631. The molecule has 0 unspecified atom stereocenters. The third-order valence-corrected chi connectivity index (χ3v) is 9.03. The highest BCUT2D eigenvalue weighted by molar-refractivity contribution is 6.04. The third-order valence-electron chi connectivity index (χ3n) is 9.03. The third kappa shape index (κ3) is 9.03. The molecule has 2 aliphatic heterocycles. The van der Waals surface area contributed by atoms with Gasteiger partial charge < -0.3 is 29.3 Å². The van der Waals surface area contributed by atoms with Crippen LogP contribution in [0.2, 0.25) is 0 Å². The fraction of sp³-hybridized carbons (Fsp3) is 0.317. The van der Waals surface area contributed by atoms with Crippen LogP contribution in [0.3, 0.4) is 0 Å². The molecule has 0 saturated carbocycles. The number of carbonyl (C=O) groups excluding carboxylic acids is 2. The molecule has 4 aromatic rings. The van der Waals surface area contributed by atoms with Crippen LogP contribution in [0.15, 0.2) is 84.8 Å². The van der Waals surface area contributed by atoms with Gasteiger partial charge in [-0.3, -0.25) is 14.5 Å². The first-order valence-corrected chi connectivity index (χ1v) is 17.5. The van der Waals surface area contributed by atoms with Gasteiger partial charge in [0, 0.05) is 30.8 Å². The molecule has 4 heterocycles. The highest BCUT2D eigenvalue weighted by Gasteiger charge is 2.34. The Labute approximate surface area is 314 Å². The summed E-state index contributed by atoms with van der Waals surface area (Å²) in [5.41, 5.74) is 3.31. The number of hydrogen-bond acceptors (Lipinski definition) is 9. The molecule has 6 rings (SSSR count). The van der Waals surface area contributed by atoms with Crippen molar-refractivity contribution in [1.82, 2.24) is 19.8 Å². The number of rotatable bonds is 11. The lowest BCUT2D eigenvalue weighted by Crippen LogP contribution is -2.52. The maximum atomic E-state index is 14.9. The van der Waals surface area contributed by atoms with Crippen LogP contribution in [-0.4, -0.2) is 78.6 Å². The number of allylic oxidation sites excluding steroid dienone is 2. The Morgan fingerprint density at radius 2 is 1.70 bits per heavy atom. The number of nitrogens with zero attached hydrogens (tertiary/aromatic N) is 5. The molecule has 0 aliphatic carbocycles. The molecule has 0 radical (unpaired) electrons. The monoisotopic (exact) mass is 740 g/mol. The number of carbonyl (C=O) groups is 2. The summed E-state index contributed by atoms with van der Waals surface area (Å²) >= 11 is 0. The second kappa shape index (κ2) is 17.3. The zero-order valence-electron chi connectivity index (χ0n) is 31.7. The van der Waals surface area contributed by atoms with E-state index in [0.717, 1.165) is 24.2 Å². The van der Waals surface area contributed by atoms with Crippen molar-refractivity contribution in [1.29, 1.82) is 0 Å². The van der Waals surface area contributed by atoms with Gasteiger partial charge >= 0.3 is 0 Å². The van der Waals surface area contributed by atoms with Gasteiger partial charge in [-0.15, -0.1) is 0 Å². The van der Waals surface area contributed by atoms with Gasteiger partial charge in [0.2, 0.25) is 5.91 Å². The molecule has 11 nitrogen and oxygen atoms in total. The van der Waals surface area contributed by atoms with Crippen molar-refractivity contribution in [3.05, 3.63) is 113 Å². The lowest BCUT2D eigenvalue weighted by atomic mass is 10.1. The van der Waals surface area contributed by atoms with E-state index in [1.807, 2.05) is 26.0 Å². The summed E-state index contributed by atoms with van der Waals surface area (Å²) in [4.78, 5) is 41.2. The molecule has 0 bridgehead atoms. The number of anilines is 3. The molecule has 13 heteroatoms. The second-order valence-electron chi connectivity index (χ2n) is 13.3. The molecule has 2 aromatic carbocycles. The highest BCUT2D eigenvalue weighted by Crippen LogP contribution is 2.37. The van der Waals surface area contributed by atoms with Gasteiger partial charge in [-0.1, -0.05) is 18.2 Å². The van der Waals surface area contributed by atoms with E-state index in [0.29, 0.717) is 53.2 Å². The van der Waals surface area contributed by atoms with Gasteiger partial charge in [0.25, 0.3) is 5.91 Å². The van der Waals surface area contributed by atoms with Gasteiger partial charge in [0.1, 0.15) is 34.7 Å². The molecule has 284 valence electrons. The van der Waals surface area contributed by atoms with E-state index in [1.54, 1.807) is 54.5 Å². The van der Waals surface area contributed by atoms with Crippen LogP contribution < -0.4 is 19.7 Å². The van der Waals surface area contributed by atoms with Crippen molar-refractivity contribution in [3.8, 4) is 22.8 Å². The second-order valence-corrected chi connectivity index (χ2v) is 13.3. The fourth-order valence-corrected chi connectivity index (χ4v) is 6.19. The Bertz CT molecular complexity index is 2030. The number of pyridine rings is 2. The minimum Gasteiger partial charge on any atom is -0.497 e. The van der Waals surface area contributed by atoms with Crippen LogP contribution in [0.1, 0.15) is 49.3 Å². The molecule has 2 amide bonds. The summed E-state index contributed by atoms with van der Waals surface area (Å²) in [6, 6.07) is 14.2. The lowest BCUT2D eigenvalue weighted by molar-refractivity contribution is -0.121. The number of fused-ring (bicyclic) bond motifs is 1. The van der Waals surface area contributed by atoms with Gasteiger partial charge in [-0.25, -0.2) is 18.7 Å². The first-order chi connectivity index (χ1) is 25.8. The molecule has 1 fully saturated rings. The van der Waals surface area contributed by atoms with Gasteiger partial charge in [0.05, 0.1) is 81.1 Å². The van der Waals surface area contributed by atoms with Crippen molar-refractivity contribution in [2.24, 2.45) is 0 Å². The van der Waals surface area contributed by atoms with Gasteiger partial charge in [-0.05, 0) is 76.2 Å². The Morgan fingerprint density at radius 3 is 2.28 bits per heavy atom. The molecule has 2 aromatic heterocycles. The number of aromatic nitrogens is 2. The van der Waals surface area contributed by atoms with E-state index in [2.05, 4.69) is 40.6 Å². The molecular weight excluding hydrogens is 694 g/mol. The van der Waals surface area contributed by atoms with Crippen molar-refractivity contribution in [3.63, 3.8) is 0 Å². The topological polar surface area (TPSA) is 109 Å².